The molecule has 0 aliphatic rings. The van der Waals surface area contributed by atoms with Crippen LogP contribution in [0.1, 0.15) is 48.0 Å². The van der Waals surface area contributed by atoms with Gasteiger partial charge in [-0.15, -0.1) is 0 Å². The van der Waals surface area contributed by atoms with Crippen molar-refractivity contribution in [1.82, 2.24) is 5.32 Å². The highest BCUT2D eigenvalue weighted by Gasteiger charge is 2.04. The normalized spacial score (nSPS) is 10.2. The highest BCUT2D eigenvalue weighted by Crippen LogP contribution is 2.05. The van der Waals surface area contributed by atoms with Crippen molar-refractivity contribution in [2.24, 2.45) is 5.73 Å². The second-order valence-corrected chi connectivity index (χ2v) is 4.71. The maximum Gasteiger partial charge on any atom is 0.303 e. The van der Waals surface area contributed by atoms with Crippen molar-refractivity contribution in [3.63, 3.8) is 0 Å². The molecule has 20 heavy (non-hydrogen) atoms. The molecule has 0 aromatic heterocycles. The van der Waals surface area contributed by atoms with Gasteiger partial charge in [-0.3, -0.25) is 9.59 Å². The molecule has 0 saturated carbocycles. The molecular formula is C15H22N2O3. The summed E-state index contributed by atoms with van der Waals surface area (Å²) >= 11 is 0. The number of rotatable bonds is 9. The van der Waals surface area contributed by atoms with Gasteiger partial charge in [-0.2, -0.15) is 0 Å². The summed E-state index contributed by atoms with van der Waals surface area (Å²) in [6.45, 7) is 1.09. The number of carbonyl (C=O) groups excluding carboxylic acids is 1. The molecule has 0 saturated heterocycles. The topological polar surface area (TPSA) is 92.4 Å². The van der Waals surface area contributed by atoms with Gasteiger partial charge in [-0.1, -0.05) is 25.0 Å². The summed E-state index contributed by atoms with van der Waals surface area (Å²) in [5.74, 6) is -0.835. The summed E-state index contributed by atoms with van der Waals surface area (Å²) < 4.78 is 0. The van der Waals surface area contributed by atoms with Crippen molar-refractivity contribution in [2.75, 3.05) is 6.54 Å². The van der Waals surface area contributed by atoms with Crippen LogP contribution in [0.25, 0.3) is 0 Å². The molecule has 0 radical (unpaired) electrons. The fourth-order valence-electron chi connectivity index (χ4n) is 1.85. The lowest BCUT2D eigenvalue weighted by Gasteiger charge is -2.05. The third-order valence-electron chi connectivity index (χ3n) is 3.05. The molecule has 0 fully saturated rings. The first kappa shape index (κ1) is 16.2. The molecule has 4 N–H and O–H groups in total. The lowest BCUT2D eigenvalue weighted by Crippen LogP contribution is -2.24. The summed E-state index contributed by atoms with van der Waals surface area (Å²) in [5, 5.41) is 11.3. The second-order valence-electron chi connectivity index (χ2n) is 4.71. The van der Waals surface area contributed by atoms with E-state index in [9.17, 15) is 9.59 Å². The number of carboxylic acids is 1. The molecular weight excluding hydrogens is 256 g/mol. The molecule has 0 unspecified atom stereocenters. The summed E-state index contributed by atoms with van der Waals surface area (Å²) in [6, 6.07) is 7.23. The lowest BCUT2D eigenvalue weighted by atomic mass is 10.1. The number of hydrogen-bond donors (Lipinski definition) is 3. The number of aliphatic carboxylic acids is 1. The van der Waals surface area contributed by atoms with Gasteiger partial charge < -0.3 is 16.2 Å². The van der Waals surface area contributed by atoms with E-state index in [1.165, 1.54) is 0 Å². The van der Waals surface area contributed by atoms with Gasteiger partial charge in [0.25, 0.3) is 5.91 Å². The van der Waals surface area contributed by atoms with E-state index < -0.39 is 5.97 Å². The van der Waals surface area contributed by atoms with Crippen LogP contribution in [0.15, 0.2) is 24.3 Å². The molecule has 0 aliphatic carbocycles. The molecule has 1 aromatic carbocycles. The highest BCUT2D eigenvalue weighted by atomic mass is 16.4. The SMILES string of the molecule is NCc1ccc(C(=O)NCCCCCCC(=O)O)cc1. The third kappa shape index (κ3) is 6.33. The van der Waals surface area contributed by atoms with Crippen LogP contribution in [0.2, 0.25) is 0 Å². The first-order valence-corrected chi connectivity index (χ1v) is 6.92. The van der Waals surface area contributed by atoms with Crippen molar-refractivity contribution in [1.29, 1.82) is 0 Å². The van der Waals surface area contributed by atoms with Crippen LogP contribution in [0.4, 0.5) is 0 Å². The molecule has 1 amide bonds. The second kappa shape index (κ2) is 9.09. The number of unbranched alkanes of at least 4 members (excludes halogenated alkanes) is 3. The van der Waals surface area contributed by atoms with E-state index in [0.29, 0.717) is 25.1 Å². The van der Waals surface area contributed by atoms with Crippen molar-refractivity contribution in [2.45, 2.75) is 38.6 Å². The molecule has 0 heterocycles. The van der Waals surface area contributed by atoms with Crippen LogP contribution in [-0.4, -0.2) is 23.5 Å². The largest absolute Gasteiger partial charge is 0.481 e. The Morgan fingerprint density at radius 2 is 1.70 bits per heavy atom. The number of hydrogen-bond acceptors (Lipinski definition) is 3. The van der Waals surface area contributed by atoms with Gasteiger partial charge in [0.15, 0.2) is 0 Å². The minimum atomic E-state index is -0.751. The van der Waals surface area contributed by atoms with Crippen LogP contribution in [-0.2, 0) is 11.3 Å². The Morgan fingerprint density at radius 3 is 2.30 bits per heavy atom. The summed E-state index contributed by atoms with van der Waals surface area (Å²) in [4.78, 5) is 22.1. The van der Waals surface area contributed by atoms with Crippen molar-refractivity contribution in [3.05, 3.63) is 35.4 Å². The Hall–Kier alpha value is -1.88. The van der Waals surface area contributed by atoms with E-state index in [1.807, 2.05) is 12.1 Å². The predicted octanol–water partition coefficient (Wildman–Crippen LogP) is 1.91. The van der Waals surface area contributed by atoms with E-state index in [1.54, 1.807) is 12.1 Å². The Bertz CT molecular complexity index is 429. The van der Waals surface area contributed by atoms with Gasteiger partial charge >= 0.3 is 5.97 Å². The van der Waals surface area contributed by atoms with Gasteiger partial charge in [0, 0.05) is 25.1 Å². The quantitative estimate of drug-likeness (QED) is 0.602. The highest BCUT2D eigenvalue weighted by molar-refractivity contribution is 5.94. The third-order valence-corrected chi connectivity index (χ3v) is 3.05. The number of carboxylic acid groups (broad SMARTS) is 1. The van der Waals surface area contributed by atoms with Gasteiger partial charge in [0.2, 0.25) is 0 Å². The van der Waals surface area contributed by atoms with Crippen LogP contribution in [0.3, 0.4) is 0 Å². The zero-order chi connectivity index (χ0) is 14.8. The average Bonchev–Trinajstić information content (AvgIpc) is 2.45. The van der Waals surface area contributed by atoms with Crippen LogP contribution < -0.4 is 11.1 Å². The maximum atomic E-state index is 11.8. The van der Waals surface area contributed by atoms with Crippen molar-refractivity contribution >= 4 is 11.9 Å². The van der Waals surface area contributed by atoms with Gasteiger partial charge in [-0.25, -0.2) is 0 Å². The Kier molecular flexibility index (Phi) is 7.35. The number of nitrogens with one attached hydrogen (secondary N) is 1. The van der Waals surface area contributed by atoms with E-state index in [0.717, 1.165) is 24.8 Å². The molecule has 110 valence electrons. The number of amides is 1. The molecule has 1 rings (SSSR count). The van der Waals surface area contributed by atoms with E-state index >= 15 is 0 Å². The van der Waals surface area contributed by atoms with E-state index in [4.69, 9.17) is 10.8 Å². The smallest absolute Gasteiger partial charge is 0.303 e. The van der Waals surface area contributed by atoms with Crippen molar-refractivity contribution < 1.29 is 14.7 Å². The fourth-order valence-corrected chi connectivity index (χ4v) is 1.85. The van der Waals surface area contributed by atoms with E-state index in [-0.39, 0.29) is 12.3 Å². The molecule has 0 atom stereocenters. The molecule has 5 heteroatoms. The fraction of sp³-hybridized carbons (Fsp3) is 0.467. The zero-order valence-corrected chi connectivity index (χ0v) is 11.6. The maximum absolute atomic E-state index is 11.8. The average molecular weight is 278 g/mol. The molecule has 1 aromatic rings. The molecule has 0 spiro atoms. The Balaban J connectivity index is 2.14. The number of benzene rings is 1. The molecule has 5 nitrogen and oxygen atoms in total. The van der Waals surface area contributed by atoms with Crippen molar-refractivity contribution in [3.8, 4) is 0 Å². The first-order chi connectivity index (χ1) is 9.63. The minimum absolute atomic E-state index is 0.0842. The standard InChI is InChI=1S/C15H22N2O3/c16-11-12-6-8-13(9-7-12)15(20)17-10-4-2-1-3-5-14(18)19/h6-9H,1-5,10-11,16H2,(H,17,20)(H,18,19). The lowest BCUT2D eigenvalue weighted by molar-refractivity contribution is -0.137. The van der Waals surface area contributed by atoms with Gasteiger partial charge in [-0.05, 0) is 30.5 Å². The zero-order valence-electron chi connectivity index (χ0n) is 11.6. The van der Waals surface area contributed by atoms with Crippen LogP contribution in [0.5, 0.6) is 0 Å². The monoisotopic (exact) mass is 278 g/mol. The summed E-state index contributed by atoms with van der Waals surface area (Å²) in [6.07, 6.45) is 3.60. The number of nitrogens with two attached hydrogens (primary N) is 1. The van der Waals surface area contributed by atoms with Gasteiger partial charge in [0.05, 0.1) is 0 Å². The number of carbonyl (C=O) groups is 2. The van der Waals surface area contributed by atoms with Crippen LogP contribution >= 0.6 is 0 Å². The molecule has 0 bridgehead atoms. The van der Waals surface area contributed by atoms with E-state index in [2.05, 4.69) is 5.32 Å². The molecule has 0 aliphatic heterocycles. The van der Waals surface area contributed by atoms with Gasteiger partial charge in [0.1, 0.15) is 0 Å². The minimum Gasteiger partial charge on any atom is -0.481 e. The Labute approximate surface area is 119 Å². The van der Waals surface area contributed by atoms with Crippen LogP contribution in [0, 0.1) is 0 Å². The summed E-state index contributed by atoms with van der Waals surface area (Å²) in [7, 11) is 0. The first-order valence-electron chi connectivity index (χ1n) is 6.92. The summed E-state index contributed by atoms with van der Waals surface area (Å²) in [5.41, 5.74) is 7.13. The predicted molar refractivity (Wildman–Crippen MR) is 77.4 cm³/mol. The Morgan fingerprint density at radius 1 is 1.05 bits per heavy atom.